The smallest absolute Gasteiger partial charge is 0.241 e. The molecule has 0 amide bonds. The summed E-state index contributed by atoms with van der Waals surface area (Å²) in [4.78, 5) is -0.113. The highest BCUT2D eigenvalue weighted by Gasteiger charge is 2.23. The molecule has 0 fully saturated rings. The number of unbranched alkanes of at least 4 members (excludes halogenated alkanes) is 1. The van der Waals surface area contributed by atoms with Crippen molar-refractivity contribution in [2.75, 3.05) is 11.9 Å². The van der Waals surface area contributed by atoms with E-state index in [0.29, 0.717) is 29.5 Å². The molecule has 8 heteroatoms. The maximum atomic E-state index is 12.2. The number of primary sulfonamides is 1. The van der Waals surface area contributed by atoms with Gasteiger partial charge in [-0.3, -0.25) is 0 Å². The number of sulfonamides is 1. The number of rotatable bonds is 8. The lowest BCUT2D eigenvalue weighted by Crippen LogP contribution is -2.16. The highest BCUT2D eigenvalue weighted by Crippen LogP contribution is 2.36. The monoisotopic (exact) mass is 412 g/mol. The van der Waals surface area contributed by atoms with E-state index in [1.165, 1.54) is 6.07 Å². The largest absolute Gasteiger partial charge is 0.454 e. The molecule has 0 saturated heterocycles. The van der Waals surface area contributed by atoms with Crippen LogP contribution >= 0.6 is 24.8 Å². The van der Waals surface area contributed by atoms with Crippen LogP contribution < -0.4 is 15.2 Å². The van der Waals surface area contributed by atoms with Crippen LogP contribution in [0.25, 0.3) is 0 Å². The van der Waals surface area contributed by atoms with Crippen molar-refractivity contribution < 1.29 is 13.2 Å². The number of benzene rings is 1. The zero-order valence-electron chi connectivity index (χ0n) is 14.9. The molecular weight excluding hydrogens is 388 g/mol. The Labute approximate surface area is 166 Å². The Balaban J connectivity index is 2.56. The standard InChI is InChI=1S/C18H24N2O3S3/c1-3-4-8-20-15-10-13(18(24)25)11-16(26(19,21)22)17(15)23-14-7-5-6-12(2)9-14/h5,7,9-12,20H,3-4,6,8H2,1-2H3,(H,24,25)(H2,19,21,22). The average Bonchev–Trinajstić information content (AvgIpc) is 2.55. The molecule has 1 unspecified atom stereocenters. The van der Waals surface area contributed by atoms with Crippen molar-refractivity contribution in [2.45, 2.75) is 38.0 Å². The van der Waals surface area contributed by atoms with Gasteiger partial charge in [-0.1, -0.05) is 38.6 Å². The molecule has 0 heterocycles. The van der Waals surface area contributed by atoms with E-state index in [9.17, 15) is 8.42 Å². The third-order valence-electron chi connectivity index (χ3n) is 3.91. The van der Waals surface area contributed by atoms with Gasteiger partial charge in [0.1, 0.15) is 10.7 Å². The van der Waals surface area contributed by atoms with Crippen LogP contribution in [0, 0.1) is 5.92 Å². The van der Waals surface area contributed by atoms with Crippen LogP contribution in [0.1, 0.15) is 38.7 Å². The van der Waals surface area contributed by atoms with Gasteiger partial charge in [0.2, 0.25) is 10.0 Å². The van der Waals surface area contributed by atoms with Crippen LogP contribution in [0.15, 0.2) is 41.0 Å². The highest BCUT2D eigenvalue weighted by atomic mass is 32.2. The van der Waals surface area contributed by atoms with Crippen molar-refractivity contribution in [1.29, 1.82) is 0 Å². The molecule has 0 aromatic heterocycles. The number of thiol groups is 1. The molecule has 26 heavy (non-hydrogen) atoms. The summed E-state index contributed by atoms with van der Waals surface area (Å²) >= 11 is 9.27. The van der Waals surface area contributed by atoms with Crippen LogP contribution in [0.2, 0.25) is 0 Å². The second-order valence-electron chi connectivity index (χ2n) is 6.27. The maximum Gasteiger partial charge on any atom is 0.241 e. The van der Waals surface area contributed by atoms with Crippen molar-refractivity contribution in [3.63, 3.8) is 0 Å². The number of allylic oxidation sites excluding steroid dienone is 3. The predicted octanol–water partition coefficient (Wildman–Crippen LogP) is 4.01. The lowest BCUT2D eigenvalue weighted by molar-refractivity contribution is 0.422. The summed E-state index contributed by atoms with van der Waals surface area (Å²) in [6.45, 7) is 4.81. The Morgan fingerprint density at radius 2 is 2.19 bits per heavy atom. The lowest BCUT2D eigenvalue weighted by Gasteiger charge is -2.20. The third-order valence-corrected chi connectivity index (χ3v) is 5.32. The lowest BCUT2D eigenvalue weighted by atomic mass is 10.0. The average molecular weight is 413 g/mol. The molecule has 0 spiro atoms. The van der Waals surface area contributed by atoms with Crippen LogP contribution in [-0.2, 0) is 10.0 Å². The van der Waals surface area contributed by atoms with E-state index in [2.05, 4.69) is 31.8 Å². The first kappa shape index (κ1) is 21.0. The molecule has 3 N–H and O–H groups in total. The molecule has 1 aromatic rings. The van der Waals surface area contributed by atoms with E-state index in [4.69, 9.17) is 22.1 Å². The van der Waals surface area contributed by atoms with E-state index in [-0.39, 0.29) is 14.8 Å². The Kier molecular flexibility index (Phi) is 7.28. The fraction of sp³-hybridized carbons (Fsp3) is 0.389. The molecule has 1 aliphatic carbocycles. The topological polar surface area (TPSA) is 81.4 Å². The van der Waals surface area contributed by atoms with Gasteiger partial charge in [0.15, 0.2) is 5.75 Å². The van der Waals surface area contributed by atoms with Crippen molar-refractivity contribution in [3.05, 3.63) is 41.7 Å². The Bertz CT molecular complexity index is 845. The quantitative estimate of drug-likeness (QED) is 0.341. The zero-order chi connectivity index (χ0) is 19.3. The Morgan fingerprint density at radius 3 is 2.77 bits per heavy atom. The minimum atomic E-state index is -4.02. The molecule has 0 saturated carbocycles. The fourth-order valence-corrected chi connectivity index (χ4v) is 3.51. The number of nitrogens with two attached hydrogens (primary N) is 1. The molecule has 142 valence electrons. The fourth-order valence-electron chi connectivity index (χ4n) is 2.56. The number of anilines is 1. The van der Waals surface area contributed by atoms with Gasteiger partial charge in [-0.25, -0.2) is 13.6 Å². The molecular formula is C18H24N2O3S3. The predicted molar refractivity (Wildman–Crippen MR) is 114 cm³/mol. The minimum absolute atomic E-state index is 0.113. The normalized spacial score (nSPS) is 16.9. The summed E-state index contributed by atoms with van der Waals surface area (Å²) in [7, 11) is -4.02. The van der Waals surface area contributed by atoms with Crippen molar-refractivity contribution in [1.82, 2.24) is 0 Å². The van der Waals surface area contributed by atoms with Crippen LogP contribution in [0.4, 0.5) is 5.69 Å². The van der Waals surface area contributed by atoms with Gasteiger partial charge in [-0.2, -0.15) is 0 Å². The molecule has 2 rings (SSSR count). The third kappa shape index (κ3) is 5.57. The van der Waals surface area contributed by atoms with E-state index in [1.54, 1.807) is 6.07 Å². The van der Waals surface area contributed by atoms with Gasteiger partial charge in [-0.15, -0.1) is 12.6 Å². The molecule has 0 aliphatic heterocycles. The minimum Gasteiger partial charge on any atom is -0.454 e. The second kappa shape index (κ2) is 9.03. The summed E-state index contributed by atoms with van der Waals surface area (Å²) in [5.74, 6) is 1.09. The molecule has 1 aromatic carbocycles. The summed E-state index contributed by atoms with van der Waals surface area (Å²) in [5.41, 5.74) is 1.03. The van der Waals surface area contributed by atoms with E-state index >= 15 is 0 Å². The first-order valence-electron chi connectivity index (χ1n) is 8.46. The zero-order valence-corrected chi connectivity index (χ0v) is 17.4. The van der Waals surface area contributed by atoms with Crippen LogP contribution in [0.5, 0.6) is 5.75 Å². The number of hydrogen-bond acceptors (Lipinski definition) is 5. The highest BCUT2D eigenvalue weighted by molar-refractivity contribution is 8.11. The first-order valence-corrected chi connectivity index (χ1v) is 10.9. The van der Waals surface area contributed by atoms with Crippen LogP contribution in [-0.4, -0.2) is 19.2 Å². The van der Waals surface area contributed by atoms with Gasteiger partial charge in [-0.05, 0) is 43.0 Å². The van der Waals surface area contributed by atoms with Gasteiger partial charge in [0.25, 0.3) is 0 Å². The molecule has 0 bridgehead atoms. The van der Waals surface area contributed by atoms with Gasteiger partial charge in [0, 0.05) is 12.1 Å². The van der Waals surface area contributed by atoms with Gasteiger partial charge >= 0.3 is 0 Å². The van der Waals surface area contributed by atoms with E-state index in [0.717, 1.165) is 19.3 Å². The van der Waals surface area contributed by atoms with Crippen molar-refractivity contribution in [2.24, 2.45) is 11.1 Å². The number of hydrogen-bond donors (Lipinski definition) is 3. The molecule has 0 radical (unpaired) electrons. The maximum absolute atomic E-state index is 12.2. The summed E-state index contributed by atoms with van der Waals surface area (Å²) in [6, 6.07) is 3.15. The molecule has 1 atom stereocenters. The number of nitrogens with one attached hydrogen (secondary N) is 1. The van der Waals surface area contributed by atoms with E-state index in [1.807, 2.05) is 18.2 Å². The second-order valence-corrected chi connectivity index (χ2v) is 8.96. The number of thiocarbonyl (C=S) groups is 1. The van der Waals surface area contributed by atoms with Gasteiger partial charge in [0.05, 0.1) is 9.88 Å². The van der Waals surface area contributed by atoms with Crippen molar-refractivity contribution in [3.8, 4) is 5.75 Å². The van der Waals surface area contributed by atoms with Gasteiger partial charge < -0.3 is 10.1 Å². The van der Waals surface area contributed by atoms with Crippen molar-refractivity contribution >= 4 is 44.8 Å². The molecule has 5 nitrogen and oxygen atoms in total. The number of ether oxygens (including phenoxy) is 1. The summed E-state index contributed by atoms with van der Waals surface area (Å²) in [6.07, 6.45) is 8.64. The Hall–Kier alpha value is -1.35. The van der Waals surface area contributed by atoms with E-state index < -0.39 is 10.0 Å². The Morgan fingerprint density at radius 1 is 1.46 bits per heavy atom. The first-order chi connectivity index (χ1) is 12.2. The summed E-state index contributed by atoms with van der Waals surface area (Å²) < 4.78 is 30.6. The van der Waals surface area contributed by atoms with Crippen LogP contribution in [0.3, 0.4) is 0 Å². The SMILES string of the molecule is CCCCNc1cc(C(=S)S)cc(S(N)(=O)=O)c1OC1=CC(C)CC=C1. The molecule has 1 aliphatic rings. The summed E-state index contributed by atoms with van der Waals surface area (Å²) in [5, 5.41) is 8.67.